The van der Waals surface area contributed by atoms with E-state index in [0.29, 0.717) is 6.42 Å². The molecule has 0 aromatic heterocycles. The number of thioether (sulfide) groups is 1. The molecule has 0 aromatic carbocycles. The molecule has 0 radical (unpaired) electrons. The summed E-state index contributed by atoms with van der Waals surface area (Å²) >= 11 is 0.827. The number of halogens is 3. The lowest BCUT2D eigenvalue weighted by Crippen LogP contribution is -2.52. The average molecular weight is 393 g/mol. The summed E-state index contributed by atoms with van der Waals surface area (Å²) in [5, 5.41) is 8.77. The Kier molecular flexibility index (Phi) is 8.92. The summed E-state index contributed by atoms with van der Waals surface area (Å²) in [4.78, 5) is 36.3. The van der Waals surface area contributed by atoms with Crippen molar-refractivity contribution < 1.29 is 27.6 Å². The second-order valence-electron chi connectivity index (χ2n) is 6.11. The molecule has 1 aliphatic rings. The SMILES string of the molecule is N#CCC(=O)N(C1CCCC1)[C@@H](CCCSCC(=O)C(F)(F)F)C(N)=O. The van der Waals surface area contributed by atoms with Crippen LogP contribution in [-0.2, 0) is 14.4 Å². The highest BCUT2D eigenvalue weighted by Crippen LogP contribution is 2.27. The van der Waals surface area contributed by atoms with Gasteiger partial charge in [0.1, 0.15) is 12.5 Å². The fourth-order valence-electron chi connectivity index (χ4n) is 3.02. The van der Waals surface area contributed by atoms with Gasteiger partial charge in [-0.15, -0.1) is 0 Å². The number of ketones is 1. The van der Waals surface area contributed by atoms with E-state index in [2.05, 4.69) is 0 Å². The van der Waals surface area contributed by atoms with Gasteiger partial charge in [-0.1, -0.05) is 12.8 Å². The molecular weight excluding hydrogens is 371 g/mol. The maximum Gasteiger partial charge on any atom is 0.450 e. The van der Waals surface area contributed by atoms with Crippen LogP contribution in [0.25, 0.3) is 0 Å². The van der Waals surface area contributed by atoms with E-state index in [9.17, 15) is 27.6 Å². The van der Waals surface area contributed by atoms with E-state index in [4.69, 9.17) is 11.0 Å². The molecule has 0 unspecified atom stereocenters. The van der Waals surface area contributed by atoms with E-state index in [1.165, 1.54) is 4.90 Å². The van der Waals surface area contributed by atoms with Gasteiger partial charge in [-0.2, -0.15) is 30.2 Å². The molecule has 0 bridgehead atoms. The smallest absolute Gasteiger partial charge is 0.368 e. The Balaban J connectivity index is 2.61. The number of nitrogens with two attached hydrogens (primary N) is 1. The van der Waals surface area contributed by atoms with E-state index < -0.39 is 35.6 Å². The molecule has 6 nitrogen and oxygen atoms in total. The predicted octanol–water partition coefficient (Wildman–Crippen LogP) is 2.17. The van der Waals surface area contributed by atoms with Crippen molar-refractivity contribution in [1.29, 1.82) is 5.26 Å². The van der Waals surface area contributed by atoms with Gasteiger partial charge in [0, 0.05) is 6.04 Å². The molecule has 2 N–H and O–H groups in total. The maximum atomic E-state index is 12.3. The van der Waals surface area contributed by atoms with Gasteiger partial charge in [-0.05, 0) is 31.4 Å². The fourth-order valence-corrected chi connectivity index (χ4v) is 3.88. The first kappa shape index (κ1) is 22.3. The third kappa shape index (κ3) is 6.86. The minimum absolute atomic E-state index is 0.146. The van der Waals surface area contributed by atoms with Crippen molar-refractivity contribution in [3.63, 3.8) is 0 Å². The third-order valence-electron chi connectivity index (χ3n) is 4.22. The number of rotatable bonds is 10. The number of amides is 2. The molecule has 2 amide bonds. The molecule has 0 aliphatic heterocycles. The molecule has 26 heavy (non-hydrogen) atoms. The summed E-state index contributed by atoms with van der Waals surface area (Å²) in [6.07, 6.45) is -1.38. The molecule has 1 aliphatic carbocycles. The molecule has 1 fully saturated rings. The molecule has 0 saturated heterocycles. The van der Waals surface area contributed by atoms with E-state index in [1.54, 1.807) is 6.07 Å². The Bertz CT molecular complexity index is 557. The number of hydrogen-bond donors (Lipinski definition) is 1. The quantitative estimate of drug-likeness (QED) is 0.573. The normalized spacial score (nSPS) is 16.1. The Morgan fingerprint density at radius 3 is 2.38 bits per heavy atom. The second kappa shape index (κ2) is 10.4. The van der Waals surface area contributed by atoms with Crippen molar-refractivity contribution >= 4 is 29.4 Å². The van der Waals surface area contributed by atoms with Crippen LogP contribution in [0, 0.1) is 11.3 Å². The Labute approximate surface area is 154 Å². The number of hydrogen-bond acceptors (Lipinski definition) is 5. The van der Waals surface area contributed by atoms with Gasteiger partial charge in [-0.3, -0.25) is 14.4 Å². The van der Waals surface area contributed by atoms with Crippen molar-refractivity contribution in [2.45, 2.75) is 63.2 Å². The molecule has 146 valence electrons. The number of alkyl halides is 3. The molecule has 0 aromatic rings. The minimum atomic E-state index is -4.84. The first-order valence-electron chi connectivity index (χ1n) is 8.33. The molecule has 1 atom stereocenters. The van der Waals surface area contributed by atoms with Gasteiger partial charge >= 0.3 is 6.18 Å². The summed E-state index contributed by atoms with van der Waals surface area (Å²) in [7, 11) is 0. The van der Waals surface area contributed by atoms with Crippen LogP contribution >= 0.6 is 11.8 Å². The van der Waals surface area contributed by atoms with Gasteiger partial charge in [-0.25, -0.2) is 0 Å². The van der Waals surface area contributed by atoms with Crippen LogP contribution in [0.3, 0.4) is 0 Å². The average Bonchev–Trinajstić information content (AvgIpc) is 3.06. The third-order valence-corrected chi connectivity index (χ3v) is 5.26. The van der Waals surface area contributed by atoms with Gasteiger partial charge in [0.25, 0.3) is 0 Å². The lowest BCUT2D eigenvalue weighted by atomic mass is 10.0. The van der Waals surface area contributed by atoms with E-state index >= 15 is 0 Å². The van der Waals surface area contributed by atoms with E-state index in [0.717, 1.165) is 37.4 Å². The predicted molar refractivity (Wildman–Crippen MR) is 89.9 cm³/mol. The van der Waals surface area contributed by atoms with Gasteiger partial charge in [0.15, 0.2) is 0 Å². The number of nitrogens with zero attached hydrogens (tertiary/aromatic N) is 2. The highest BCUT2D eigenvalue weighted by atomic mass is 32.2. The van der Waals surface area contributed by atoms with Crippen LogP contribution in [-0.4, -0.2) is 52.3 Å². The zero-order valence-corrected chi connectivity index (χ0v) is 15.1. The van der Waals surface area contributed by atoms with Crippen LogP contribution in [0.1, 0.15) is 44.9 Å². The highest BCUT2D eigenvalue weighted by molar-refractivity contribution is 7.99. The van der Waals surface area contributed by atoms with Crippen LogP contribution in [0.5, 0.6) is 0 Å². The van der Waals surface area contributed by atoms with Crippen LogP contribution < -0.4 is 5.73 Å². The van der Waals surface area contributed by atoms with Crippen molar-refractivity contribution in [1.82, 2.24) is 4.90 Å². The standard InChI is InChI=1S/C16H22F3N3O3S/c17-16(18,19)13(23)10-26-9-3-6-12(15(21)25)22(14(24)7-8-20)11-4-1-2-5-11/h11-12H,1-7,9-10H2,(H2,21,25)/t12-/m0/s1. The Morgan fingerprint density at radius 2 is 1.88 bits per heavy atom. The monoisotopic (exact) mass is 393 g/mol. The molecule has 1 saturated carbocycles. The van der Waals surface area contributed by atoms with Gasteiger partial charge in [0.05, 0.1) is 11.8 Å². The van der Waals surface area contributed by atoms with Crippen LogP contribution in [0.2, 0.25) is 0 Å². The van der Waals surface area contributed by atoms with Gasteiger partial charge in [0.2, 0.25) is 17.6 Å². The number of carbonyl (C=O) groups is 3. The lowest BCUT2D eigenvalue weighted by molar-refractivity contribution is -0.167. The maximum absolute atomic E-state index is 12.3. The first-order chi connectivity index (χ1) is 12.2. The molecule has 0 heterocycles. The Morgan fingerprint density at radius 1 is 1.27 bits per heavy atom. The number of nitriles is 1. The Hall–Kier alpha value is -1.76. The van der Waals surface area contributed by atoms with E-state index in [1.807, 2.05) is 0 Å². The van der Waals surface area contributed by atoms with Crippen LogP contribution in [0.15, 0.2) is 0 Å². The summed E-state index contributed by atoms with van der Waals surface area (Å²) in [6, 6.07) is 0.740. The number of Topliss-reactive ketones (excluding diaryl/α,β-unsaturated/α-hetero) is 1. The highest BCUT2D eigenvalue weighted by Gasteiger charge is 2.38. The number of primary amides is 1. The lowest BCUT2D eigenvalue weighted by Gasteiger charge is -2.34. The molecule has 10 heteroatoms. The van der Waals surface area contributed by atoms with Crippen molar-refractivity contribution in [2.24, 2.45) is 5.73 Å². The summed E-state index contributed by atoms with van der Waals surface area (Å²) in [6.45, 7) is 0. The van der Waals surface area contributed by atoms with E-state index in [-0.39, 0.29) is 24.6 Å². The van der Waals surface area contributed by atoms with Crippen molar-refractivity contribution in [3.8, 4) is 6.07 Å². The summed E-state index contributed by atoms with van der Waals surface area (Å²) in [5.74, 6) is -3.39. The van der Waals surface area contributed by atoms with Crippen LogP contribution in [0.4, 0.5) is 13.2 Å². The summed E-state index contributed by atoms with van der Waals surface area (Å²) in [5.41, 5.74) is 5.43. The molecule has 0 spiro atoms. The molecular formula is C16H22F3N3O3S. The van der Waals surface area contributed by atoms with Crippen molar-refractivity contribution in [3.05, 3.63) is 0 Å². The second-order valence-corrected chi connectivity index (χ2v) is 7.21. The largest absolute Gasteiger partial charge is 0.450 e. The first-order valence-corrected chi connectivity index (χ1v) is 9.49. The topological polar surface area (TPSA) is 104 Å². The molecule has 1 rings (SSSR count). The van der Waals surface area contributed by atoms with Gasteiger partial charge < -0.3 is 10.6 Å². The fraction of sp³-hybridized carbons (Fsp3) is 0.750. The number of carbonyl (C=O) groups excluding carboxylic acids is 3. The zero-order valence-electron chi connectivity index (χ0n) is 14.3. The van der Waals surface area contributed by atoms with Crippen molar-refractivity contribution in [2.75, 3.05) is 11.5 Å². The zero-order chi connectivity index (χ0) is 19.7. The summed E-state index contributed by atoms with van der Waals surface area (Å²) < 4.78 is 36.4. The minimum Gasteiger partial charge on any atom is -0.368 e.